The van der Waals surface area contributed by atoms with Crippen LogP contribution in [0.25, 0.3) is 0 Å². The summed E-state index contributed by atoms with van der Waals surface area (Å²) < 4.78 is 10.7. The van der Waals surface area contributed by atoms with Gasteiger partial charge in [0, 0.05) is 6.54 Å². The number of aliphatic hydroxyl groups excluding tert-OH is 4. The van der Waals surface area contributed by atoms with E-state index in [1.54, 1.807) is 24.3 Å². The Morgan fingerprint density at radius 3 is 2.30 bits per heavy atom. The van der Waals surface area contributed by atoms with E-state index in [0.717, 1.165) is 5.56 Å². The number of aliphatic hydroxyl groups is 4. The summed E-state index contributed by atoms with van der Waals surface area (Å²) in [5.74, 6) is 0.334. The molecule has 9 heteroatoms. The van der Waals surface area contributed by atoms with Gasteiger partial charge in [-0.3, -0.25) is 5.23 Å². The number of benzene rings is 1. The van der Waals surface area contributed by atoms with Crippen LogP contribution in [-0.4, -0.2) is 74.7 Å². The predicted octanol–water partition coefficient (Wildman–Crippen LogP) is -1.40. The SMILES string of the molecule is [O-]N(O)CCc1ccc(O[C@H]2O[C@H](CO)[C@@H](O)[C@H](O)[C@H]2O)cc1. The average molecular weight is 330 g/mol. The van der Waals surface area contributed by atoms with Gasteiger partial charge in [-0.15, -0.1) is 0 Å². The van der Waals surface area contributed by atoms with Crippen molar-refractivity contribution in [1.29, 1.82) is 0 Å². The molecular formula is C14H20NO8-. The summed E-state index contributed by atoms with van der Waals surface area (Å²) in [4.78, 5) is 0. The van der Waals surface area contributed by atoms with Gasteiger partial charge in [-0.05, 0) is 24.1 Å². The first-order valence-corrected chi connectivity index (χ1v) is 7.12. The van der Waals surface area contributed by atoms with Crippen LogP contribution in [-0.2, 0) is 11.2 Å². The average Bonchev–Trinajstić information content (AvgIpc) is 2.54. The predicted molar refractivity (Wildman–Crippen MR) is 76.4 cm³/mol. The fourth-order valence-corrected chi connectivity index (χ4v) is 2.26. The van der Waals surface area contributed by atoms with E-state index in [-0.39, 0.29) is 11.8 Å². The molecule has 0 aliphatic carbocycles. The van der Waals surface area contributed by atoms with E-state index in [1.165, 1.54) is 0 Å². The molecule has 1 aromatic carbocycles. The summed E-state index contributed by atoms with van der Waals surface area (Å²) in [5, 5.41) is 57.2. The third kappa shape index (κ3) is 4.59. The summed E-state index contributed by atoms with van der Waals surface area (Å²) in [6, 6.07) is 6.48. The van der Waals surface area contributed by atoms with E-state index >= 15 is 0 Å². The zero-order valence-electron chi connectivity index (χ0n) is 12.2. The van der Waals surface area contributed by atoms with Crippen LogP contribution < -0.4 is 4.74 Å². The molecule has 1 saturated heterocycles. The molecule has 23 heavy (non-hydrogen) atoms. The van der Waals surface area contributed by atoms with E-state index in [2.05, 4.69) is 0 Å². The summed E-state index contributed by atoms with van der Waals surface area (Å²) >= 11 is 0. The van der Waals surface area contributed by atoms with Gasteiger partial charge in [0.05, 0.1) is 6.61 Å². The van der Waals surface area contributed by atoms with Crippen molar-refractivity contribution in [3.63, 3.8) is 0 Å². The fraction of sp³-hybridized carbons (Fsp3) is 0.571. The second-order valence-corrected chi connectivity index (χ2v) is 5.28. The lowest BCUT2D eigenvalue weighted by Gasteiger charge is -2.39. The molecule has 0 radical (unpaired) electrons. The zero-order chi connectivity index (χ0) is 17.0. The van der Waals surface area contributed by atoms with Crippen LogP contribution in [0.1, 0.15) is 5.56 Å². The molecule has 0 saturated carbocycles. The van der Waals surface area contributed by atoms with Crippen LogP contribution in [0.5, 0.6) is 5.75 Å². The number of hydroxylamine groups is 2. The highest BCUT2D eigenvalue weighted by molar-refractivity contribution is 5.27. The zero-order valence-corrected chi connectivity index (χ0v) is 12.2. The van der Waals surface area contributed by atoms with Crippen molar-refractivity contribution in [2.45, 2.75) is 37.1 Å². The van der Waals surface area contributed by atoms with Crippen molar-refractivity contribution in [3.8, 4) is 5.75 Å². The Morgan fingerprint density at radius 1 is 1.09 bits per heavy atom. The van der Waals surface area contributed by atoms with Crippen molar-refractivity contribution in [1.82, 2.24) is 5.23 Å². The third-order valence-electron chi connectivity index (χ3n) is 3.62. The maximum absolute atomic E-state index is 10.4. The molecule has 0 aromatic heterocycles. The Hall–Kier alpha value is -1.30. The van der Waals surface area contributed by atoms with Crippen LogP contribution in [0.15, 0.2) is 24.3 Å². The van der Waals surface area contributed by atoms with E-state index < -0.39 is 37.3 Å². The Labute approximate surface area is 132 Å². The van der Waals surface area contributed by atoms with Gasteiger partial charge in [-0.2, -0.15) is 0 Å². The van der Waals surface area contributed by atoms with Crippen LogP contribution >= 0.6 is 0 Å². The Morgan fingerprint density at radius 2 is 1.74 bits per heavy atom. The number of hydrogen-bond acceptors (Lipinski definition) is 9. The molecule has 0 amide bonds. The van der Waals surface area contributed by atoms with Gasteiger partial charge in [0.25, 0.3) is 0 Å². The standard InChI is InChI=1S/C14H20NO8/c16-7-10-11(17)12(18)13(19)14(23-10)22-9-3-1-8(2-4-9)5-6-15(20)21/h1-4,10-14,16-20H,5-7H2/q-1/t10-,11-,12+,13-,14+/m1/s1. The topological polar surface area (TPSA) is 146 Å². The Bertz CT molecular complexity index is 480. The highest BCUT2D eigenvalue weighted by atomic mass is 16.8. The summed E-state index contributed by atoms with van der Waals surface area (Å²) in [6.45, 7) is -0.594. The first-order valence-electron chi connectivity index (χ1n) is 7.12. The summed E-state index contributed by atoms with van der Waals surface area (Å²) in [7, 11) is 0. The van der Waals surface area contributed by atoms with Gasteiger partial charge in [-0.25, -0.2) is 0 Å². The number of nitrogens with zero attached hydrogens (tertiary/aromatic N) is 1. The molecular weight excluding hydrogens is 310 g/mol. The number of ether oxygens (including phenoxy) is 2. The maximum Gasteiger partial charge on any atom is 0.229 e. The van der Waals surface area contributed by atoms with Crippen molar-refractivity contribution >= 4 is 0 Å². The molecule has 1 fully saturated rings. The minimum atomic E-state index is -1.50. The van der Waals surface area contributed by atoms with Gasteiger partial charge in [0.1, 0.15) is 30.2 Å². The molecule has 1 aromatic rings. The molecule has 5 N–H and O–H groups in total. The molecule has 1 heterocycles. The second-order valence-electron chi connectivity index (χ2n) is 5.28. The summed E-state index contributed by atoms with van der Waals surface area (Å²) in [5.41, 5.74) is 0.793. The van der Waals surface area contributed by atoms with Crippen molar-refractivity contribution < 1.29 is 35.1 Å². The molecule has 9 nitrogen and oxygen atoms in total. The van der Waals surface area contributed by atoms with E-state index in [1.807, 2.05) is 0 Å². The fourth-order valence-electron chi connectivity index (χ4n) is 2.26. The van der Waals surface area contributed by atoms with Gasteiger partial charge in [0.15, 0.2) is 0 Å². The summed E-state index contributed by atoms with van der Waals surface area (Å²) in [6.07, 6.45) is -6.35. The van der Waals surface area contributed by atoms with Crippen LogP contribution in [0.2, 0.25) is 0 Å². The first-order chi connectivity index (χ1) is 10.9. The number of rotatable bonds is 6. The normalized spacial score (nSPS) is 31.3. The van der Waals surface area contributed by atoms with Crippen LogP contribution in [0, 0.1) is 5.21 Å². The molecule has 0 unspecified atom stereocenters. The minimum absolute atomic E-state index is 0.0626. The number of hydrogen-bond donors (Lipinski definition) is 5. The second kappa shape index (κ2) is 7.99. The molecule has 5 atom stereocenters. The van der Waals surface area contributed by atoms with Crippen molar-refractivity contribution in [2.75, 3.05) is 13.2 Å². The highest BCUT2D eigenvalue weighted by Crippen LogP contribution is 2.24. The molecule has 130 valence electrons. The lowest BCUT2D eigenvalue weighted by atomic mass is 9.99. The van der Waals surface area contributed by atoms with Crippen molar-refractivity contribution in [2.24, 2.45) is 0 Å². The monoisotopic (exact) mass is 330 g/mol. The molecule has 1 aliphatic heterocycles. The quantitative estimate of drug-likeness (QED) is 0.397. The van der Waals surface area contributed by atoms with E-state index in [4.69, 9.17) is 19.8 Å². The van der Waals surface area contributed by atoms with Crippen LogP contribution in [0.3, 0.4) is 0 Å². The lowest BCUT2D eigenvalue weighted by molar-refractivity contribution is -0.277. The third-order valence-corrected chi connectivity index (χ3v) is 3.62. The highest BCUT2D eigenvalue weighted by Gasteiger charge is 2.44. The van der Waals surface area contributed by atoms with Crippen molar-refractivity contribution in [3.05, 3.63) is 35.0 Å². The smallest absolute Gasteiger partial charge is 0.229 e. The molecule has 0 spiro atoms. The maximum atomic E-state index is 10.4. The Kier molecular flexibility index (Phi) is 6.27. The van der Waals surface area contributed by atoms with Gasteiger partial charge >= 0.3 is 0 Å². The lowest BCUT2D eigenvalue weighted by Crippen LogP contribution is -2.60. The largest absolute Gasteiger partial charge is 0.762 e. The van der Waals surface area contributed by atoms with E-state index in [0.29, 0.717) is 12.2 Å². The van der Waals surface area contributed by atoms with Gasteiger partial charge < -0.3 is 40.3 Å². The Balaban J connectivity index is 1.97. The molecule has 0 bridgehead atoms. The minimum Gasteiger partial charge on any atom is -0.762 e. The molecule has 1 aliphatic rings. The van der Waals surface area contributed by atoms with Gasteiger partial charge in [0.2, 0.25) is 6.29 Å². The molecule has 2 rings (SSSR count). The van der Waals surface area contributed by atoms with E-state index in [9.17, 15) is 20.5 Å². The first kappa shape index (κ1) is 18.0. The van der Waals surface area contributed by atoms with Crippen LogP contribution in [0.4, 0.5) is 0 Å². The van der Waals surface area contributed by atoms with Gasteiger partial charge in [-0.1, -0.05) is 12.1 Å².